The lowest BCUT2D eigenvalue weighted by Crippen LogP contribution is -2.10. The minimum atomic E-state index is -2.46. The van der Waals surface area contributed by atoms with Gasteiger partial charge in [0.1, 0.15) is 11.5 Å². The molecule has 370 valence electrons. The molecule has 1 N–H and O–H groups in total. The maximum Gasteiger partial charge on any atom is 0.335 e. The number of rotatable bonds is 21. The van der Waals surface area contributed by atoms with E-state index in [0.717, 1.165) is 79.4 Å². The van der Waals surface area contributed by atoms with Crippen LogP contribution in [-0.4, -0.2) is 24.3 Å². The first-order chi connectivity index (χ1) is 35.8. The van der Waals surface area contributed by atoms with Crippen LogP contribution in [-0.2, 0) is 11.8 Å². The number of ether oxygens (including phenoxy) is 2. The predicted octanol–water partition coefficient (Wildman–Crippen LogP) is 19.8. The van der Waals surface area contributed by atoms with Crippen molar-refractivity contribution in [1.82, 2.24) is 0 Å². The Kier molecular flexibility index (Phi) is 15.0. The van der Waals surface area contributed by atoms with Crippen molar-refractivity contribution in [2.45, 2.75) is 84.5 Å². The summed E-state index contributed by atoms with van der Waals surface area (Å²) in [5, 5.41) is 13.5. The van der Waals surface area contributed by atoms with E-state index in [0.29, 0.717) is 5.56 Å². The van der Waals surface area contributed by atoms with E-state index in [9.17, 15) is 9.90 Å². The van der Waals surface area contributed by atoms with Crippen LogP contribution in [0.25, 0.3) is 49.6 Å². The van der Waals surface area contributed by atoms with Crippen LogP contribution in [0.1, 0.15) is 105 Å². The average molecular weight is 1070 g/mol. The number of nitrogens with zero attached hydrogens (tertiary/aromatic N) is 1. The Hall–Kier alpha value is -5.58. The summed E-state index contributed by atoms with van der Waals surface area (Å²) >= 11 is 14.6. The predicted molar refractivity (Wildman–Crippen MR) is 319 cm³/mol. The van der Waals surface area contributed by atoms with Gasteiger partial charge in [-0.15, -0.1) is 45.3 Å². The van der Waals surface area contributed by atoms with Gasteiger partial charge in [0.15, 0.2) is 0 Å². The first-order valence-corrected chi connectivity index (χ1v) is 31.8. The molecule has 73 heavy (non-hydrogen) atoms. The molecule has 1 unspecified atom stereocenters. The zero-order valence-corrected chi connectivity index (χ0v) is 46.2. The molecule has 4 aromatic heterocycles. The normalized spacial score (nSPS) is 15.5. The topological polar surface area (TPSA) is 59.0 Å². The molecule has 0 amide bonds. The molecule has 1 saturated carbocycles. The molecule has 11 rings (SSSR count). The zero-order valence-electron chi connectivity index (χ0n) is 41.2. The van der Waals surface area contributed by atoms with Crippen LogP contribution in [0.4, 0.5) is 17.1 Å². The first kappa shape index (κ1) is 49.6. The van der Waals surface area contributed by atoms with E-state index in [4.69, 9.17) is 21.3 Å². The van der Waals surface area contributed by atoms with Crippen molar-refractivity contribution in [3.05, 3.63) is 179 Å². The van der Waals surface area contributed by atoms with Gasteiger partial charge in [0.2, 0.25) is 0 Å². The van der Waals surface area contributed by atoms with Gasteiger partial charge in [-0.05, 0) is 157 Å². The van der Waals surface area contributed by atoms with Crippen molar-refractivity contribution in [3.63, 3.8) is 0 Å². The van der Waals surface area contributed by atoms with Crippen molar-refractivity contribution in [3.8, 4) is 31.7 Å². The molecule has 1 fully saturated rings. The van der Waals surface area contributed by atoms with Gasteiger partial charge in [0, 0.05) is 62.6 Å². The number of carboxylic acids is 1. The minimum Gasteiger partial charge on any atom is -0.494 e. The Morgan fingerprint density at radius 1 is 0.548 bits per heavy atom. The summed E-state index contributed by atoms with van der Waals surface area (Å²) in [6, 6.07) is 51.1. The largest absolute Gasteiger partial charge is 0.494 e. The van der Waals surface area contributed by atoms with E-state index in [1.165, 1.54) is 109 Å². The molecular formula is C62H58NO4PS5. The van der Waals surface area contributed by atoms with E-state index < -0.39 is 12.0 Å². The average Bonchev–Trinajstić information content (AvgIpc) is 4.30. The van der Waals surface area contributed by atoms with Crippen molar-refractivity contribution in [1.29, 1.82) is 0 Å². The fourth-order valence-electron chi connectivity index (χ4n) is 10.3. The summed E-state index contributed by atoms with van der Waals surface area (Å²) in [6.07, 6.45) is 12.6. The Balaban J connectivity index is 0.859. The molecule has 5 aromatic carbocycles. The van der Waals surface area contributed by atoms with Crippen molar-refractivity contribution in [2.24, 2.45) is 0 Å². The molecule has 0 radical (unpaired) electrons. The minimum absolute atomic E-state index is 0.292. The number of fused-ring (bicyclic) bond motifs is 4. The molecule has 0 spiro atoms. The fraction of sp³-hybridized carbons (Fsp3) is 0.242. The van der Waals surface area contributed by atoms with Gasteiger partial charge in [0.05, 0.1) is 28.2 Å². The van der Waals surface area contributed by atoms with Crippen molar-refractivity contribution >= 4 is 121 Å². The number of benzene rings is 5. The number of unbranched alkanes of at least 4 members (excludes halogenated alkanes) is 6. The highest BCUT2D eigenvalue weighted by Crippen LogP contribution is 2.76. The second-order valence-corrected chi connectivity index (χ2v) is 27.4. The van der Waals surface area contributed by atoms with Gasteiger partial charge in [-0.1, -0.05) is 119 Å². The monoisotopic (exact) mass is 1070 g/mol. The van der Waals surface area contributed by atoms with Crippen molar-refractivity contribution in [2.75, 3.05) is 18.1 Å². The second kappa shape index (κ2) is 22.1. The first-order valence-electron chi connectivity index (χ1n) is 25.7. The maximum absolute atomic E-state index is 11.8. The molecule has 1 atom stereocenters. The van der Waals surface area contributed by atoms with Crippen LogP contribution < -0.4 is 19.7 Å². The van der Waals surface area contributed by atoms with Gasteiger partial charge < -0.3 is 19.5 Å². The quantitative estimate of drug-likeness (QED) is 0.0572. The number of allylic oxidation sites excluding steroid dienone is 2. The summed E-state index contributed by atoms with van der Waals surface area (Å²) < 4.78 is 17.6. The summed E-state index contributed by atoms with van der Waals surface area (Å²) in [4.78, 5) is 19.2. The van der Waals surface area contributed by atoms with Gasteiger partial charge >= 0.3 is 5.97 Å². The lowest BCUT2D eigenvalue weighted by atomic mass is 10.0. The van der Waals surface area contributed by atoms with E-state index in [2.05, 4.69) is 146 Å². The van der Waals surface area contributed by atoms with Gasteiger partial charge in [0.25, 0.3) is 0 Å². The van der Waals surface area contributed by atoms with Crippen LogP contribution in [0.2, 0.25) is 0 Å². The fourth-order valence-corrected chi connectivity index (χ4v) is 21.3. The third-order valence-corrected chi connectivity index (χ3v) is 24.3. The van der Waals surface area contributed by atoms with Crippen LogP contribution in [0, 0.1) is 0 Å². The molecular weight excluding hydrogens is 1010 g/mol. The summed E-state index contributed by atoms with van der Waals surface area (Å²) in [5.74, 6) is 0.883. The SMILES string of the molecule is CCCCCCOc1ccc(N(c2ccc(OCCCCCC)cc2)c2ccc(-c3cc4sc5cc(-c6ccc(C7=C8CCCC8=C(c8ccc(C(=O)O)cc8)P7(=S)c7ccccc7)s6)sc5c4s3)cc2)cc1. The van der Waals surface area contributed by atoms with Gasteiger partial charge in [-0.25, -0.2) is 4.79 Å². The number of hydrogen-bond acceptors (Lipinski definition) is 9. The summed E-state index contributed by atoms with van der Waals surface area (Å²) in [6.45, 7) is 5.95. The van der Waals surface area contributed by atoms with Gasteiger partial charge in [-0.3, -0.25) is 0 Å². The summed E-state index contributed by atoms with van der Waals surface area (Å²) in [5.41, 5.74) is 8.58. The van der Waals surface area contributed by atoms with Crippen molar-refractivity contribution < 1.29 is 19.4 Å². The third kappa shape index (κ3) is 10.1. The maximum atomic E-state index is 11.8. The number of carbonyl (C=O) groups is 1. The molecule has 1 aliphatic heterocycles. The third-order valence-electron chi connectivity index (χ3n) is 14.0. The Morgan fingerprint density at radius 2 is 1.07 bits per heavy atom. The van der Waals surface area contributed by atoms with Crippen LogP contribution >= 0.6 is 51.4 Å². The number of carboxylic acid groups (broad SMARTS) is 1. The summed E-state index contributed by atoms with van der Waals surface area (Å²) in [7, 11) is 0. The lowest BCUT2D eigenvalue weighted by Gasteiger charge is -2.26. The molecule has 0 saturated heterocycles. The number of anilines is 3. The van der Waals surface area contributed by atoms with E-state index in [-0.39, 0.29) is 0 Å². The lowest BCUT2D eigenvalue weighted by molar-refractivity contribution is 0.0697. The van der Waals surface area contributed by atoms with Crippen LogP contribution in [0.5, 0.6) is 11.5 Å². The van der Waals surface area contributed by atoms with Gasteiger partial charge in [-0.2, -0.15) is 0 Å². The number of thiophene rings is 4. The highest BCUT2D eigenvalue weighted by molar-refractivity contribution is 8.28. The second-order valence-electron chi connectivity index (χ2n) is 18.9. The smallest absolute Gasteiger partial charge is 0.335 e. The highest BCUT2D eigenvalue weighted by atomic mass is 32.4. The Morgan fingerprint density at radius 3 is 1.64 bits per heavy atom. The highest BCUT2D eigenvalue weighted by Gasteiger charge is 2.43. The zero-order chi connectivity index (χ0) is 49.9. The van der Waals surface area contributed by atoms with Crippen LogP contribution in [0.3, 0.4) is 0 Å². The molecule has 5 heterocycles. The molecule has 9 aromatic rings. The molecule has 11 heteroatoms. The molecule has 0 bridgehead atoms. The number of aromatic carboxylic acids is 1. The number of hydrogen-bond donors (Lipinski definition) is 1. The standard InChI is InChI=1S/C62H58NO4PS5/c1-3-5-7-12-37-66-47-31-27-45(28-32-47)63(46-29-33-48(34-30-46)67-38-13-8-6-4-2)44-25-23-41(24-26-44)54-39-56-60(72-54)61-57(71-56)40-55(73-61)52-35-36-53(70-52)59-51-18-14-17-50(51)58(42-19-21-43(22-20-42)62(64)65)68(59,69)49-15-10-9-11-16-49/h9-11,15-16,19-36,39-40H,3-8,12-14,17-18,37-38H2,1-2H3,(H,64,65). The molecule has 2 aliphatic rings. The molecule has 1 aliphatic carbocycles. The Bertz CT molecular complexity index is 3450. The van der Waals surface area contributed by atoms with E-state index >= 15 is 0 Å². The van der Waals surface area contributed by atoms with E-state index in [1.807, 2.05) is 57.5 Å². The van der Waals surface area contributed by atoms with Crippen LogP contribution in [0.15, 0.2) is 163 Å². The Labute approximate surface area is 450 Å². The van der Waals surface area contributed by atoms with E-state index in [1.54, 1.807) is 12.1 Å². The molecule has 5 nitrogen and oxygen atoms in total.